The lowest BCUT2D eigenvalue weighted by atomic mass is 10.2. The number of aliphatic hydroxyl groups is 3. The maximum atomic E-state index is 9.01. The summed E-state index contributed by atoms with van der Waals surface area (Å²) < 4.78 is 4.66. The van der Waals surface area contributed by atoms with Crippen LogP contribution in [0.1, 0.15) is 0 Å². The van der Waals surface area contributed by atoms with Gasteiger partial charge in [0, 0.05) is 0 Å². The Bertz CT molecular complexity index is 120. The number of hydrogen-bond acceptors (Lipinski definition) is 4. The van der Waals surface area contributed by atoms with E-state index in [4.69, 9.17) is 26.9 Å². The fourth-order valence-electron chi connectivity index (χ4n) is 0.856. The molecule has 4 atom stereocenters. The van der Waals surface area contributed by atoms with Crippen molar-refractivity contribution in [2.45, 2.75) is 24.6 Å². The van der Waals surface area contributed by atoms with Gasteiger partial charge in [-0.05, 0) is 0 Å². The summed E-state index contributed by atoms with van der Waals surface area (Å²) in [6, 6.07) is 0. The maximum absolute atomic E-state index is 9.01. The SMILES string of the molecule is OC1O[C@H](CCl)[C@H](O)[C@H]1O. The van der Waals surface area contributed by atoms with Crippen LogP contribution in [0.2, 0.25) is 0 Å². The van der Waals surface area contributed by atoms with Gasteiger partial charge in [-0.2, -0.15) is 0 Å². The van der Waals surface area contributed by atoms with Crippen molar-refractivity contribution in [1.29, 1.82) is 0 Å². The van der Waals surface area contributed by atoms with Crippen molar-refractivity contribution in [2.24, 2.45) is 0 Å². The summed E-state index contributed by atoms with van der Waals surface area (Å²) in [7, 11) is 0. The van der Waals surface area contributed by atoms with Crippen molar-refractivity contribution in [2.75, 3.05) is 5.88 Å². The van der Waals surface area contributed by atoms with Gasteiger partial charge in [0.05, 0.1) is 5.88 Å². The molecule has 0 aromatic heterocycles. The average molecular weight is 169 g/mol. The number of ether oxygens (including phenoxy) is 1. The first-order valence-corrected chi connectivity index (χ1v) is 3.46. The van der Waals surface area contributed by atoms with Crippen LogP contribution in [0.3, 0.4) is 0 Å². The molecular formula is C5H9ClO4. The highest BCUT2D eigenvalue weighted by Crippen LogP contribution is 2.19. The van der Waals surface area contributed by atoms with E-state index in [0.717, 1.165) is 0 Å². The van der Waals surface area contributed by atoms with Crippen LogP contribution in [-0.2, 0) is 4.74 Å². The van der Waals surface area contributed by atoms with E-state index < -0.39 is 24.6 Å². The Morgan fingerprint density at radius 3 is 2.00 bits per heavy atom. The van der Waals surface area contributed by atoms with Gasteiger partial charge in [-0.25, -0.2) is 0 Å². The van der Waals surface area contributed by atoms with Gasteiger partial charge in [0.2, 0.25) is 0 Å². The zero-order chi connectivity index (χ0) is 7.72. The van der Waals surface area contributed by atoms with Crippen LogP contribution < -0.4 is 0 Å². The van der Waals surface area contributed by atoms with E-state index in [1.54, 1.807) is 0 Å². The molecule has 0 spiro atoms. The van der Waals surface area contributed by atoms with Crippen LogP contribution in [0.25, 0.3) is 0 Å². The largest absolute Gasteiger partial charge is 0.387 e. The second-order valence-corrected chi connectivity index (χ2v) is 2.51. The molecule has 1 fully saturated rings. The molecule has 5 heteroatoms. The van der Waals surface area contributed by atoms with E-state index in [1.807, 2.05) is 0 Å². The number of halogens is 1. The lowest BCUT2D eigenvalue weighted by molar-refractivity contribution is -0.123. The summed E-state index contributed by atoms with van der Waals surface area (Å²) in [6.07, 6.45) is -4.28. The Morgan fingerprint density at radius 1 is 1.20 bits per heavy atom. The highest BCUT2D eigenvalue weighted by molar-refractivity contribution is 6.18. The van der Waals surface area contributed by atoms with E-state index in [2.05, 4.69) is 4.74 Å². The quantitative estimate of drug-likeness (QED) is 0.424. The van der Waals surface area contributed by atoms with Crippen LogP contribution in [0.15, 0.2) is 0 Å². The van der Waals surface area contributed by atoms with Crippen LogP contribution in [0.4, 0.5) is 0 Å². The Kier molecular flexibility index (Phi) is 2.49. The monoisotopic (exact) mass is 168 g/mol. The van der Waals surface area contributed by atoms with Gasteiger partial charge in [0.1, 0.15) is 18.3 Å². The van der Waals surface area contributed by atoms with E-state index in [1.165, 1.54) is 0 Å². The van der Waals surface area contributed by atoms with Gasteiger partial charge < -0.3 is 20.1 Å². The van der Waals surface area contributed by atoms with Crippen molar-refractivity contribution in [3.63, 3.8) is 0 Å². The summed E-state index contributed by atoms with van der Waals surface area (Å²) in [5.74, 6) is 0.0648. The van der Waals surface area contributed by atoms with Gasteiger partial charge >= 0.3 is 0 Å². The fraction of sp³-hybridized carbons (Fsp3) is 1.00. The van der Waals surface area contributed by atoms with E-state index in [0.29, 0.717) is 0 Å². The molecule has 1 heterocycles. The van der Waals surface area contributed by atoms with Gasteiger partial charge in [0.15, 0.2) is 6.29 Å². The van der Waals surface area contributed by atoms with Crippen LogP contribution in [-0.4, -0.2) is 45.8 Å². The standard InChI is InChI=1S/C5H9ClO4/c6-1-2-3(7)4(8)5(9)10-2/h2-5,7-9H,1H2/t2-,3+,4-,5?/m1/s1. The number of aliphatic hydroxyl groups excluding tert-OH is 3. The molecule has 1 aliphatic rings. The lowest BCUT2D eigenvalue weighted by Gasteiger charge is -2.09. The second-order valence-electron chi connectivity index (χ2n) is 2.20. The molecule has 0 aromatic rings. The molecule has 1 saturated heterocycles. The number of alkyl halides is 1. The molecule has 0 saturated carbocycles. The van der Waals surface area contributed by atoms with Crippen molar-refractivity contribution in [3.05, 3.63) is 0 Å². The lowest BCUT2D eigenvalue weighted by Crippen LogP contribution is -2.32. The summed E-state index contributed by atoms with van der Waals surface area (Å²) in [6.45, 7) is 0. The summed E-state index contributed by atoms with van der Waals surface area (Å²) >= 11 is 5.33. The third-order valence-electron chi connectivity index (χ3n) is 1.49. The molecule has 1 rings (SSSR count). The van der Waals surface area contributed by atoms with Gasteiger partial charge in [-0.15, -0.1) is 11.6 Å². The third-order valence-corrected chi connectivity index (χ3v) is 1.79. The summed E-state index contributed by atoms with van der Waals surface area (Å²) in [5.41, 5.74) is 0. The van der Waals surface area contributed by atoms with Crippen LogP contribution in [0.5, 0.6) is 0 Å². The number of hydrogen-bond donors (Lipinski definition) is 3. The second kappa shape index (κ2) is 3.02. The summed E-state index contributed by atoms with van der Waals surface area (Å²) in [5, 5.41) is 26.7. The molecule has 0 aromatic carbocycles. The van der Waals surface area contributed by atoms with Crippen LogP contribution >= 0.6 is 11.6 Å². The molecule has 1 aliphatic heterocycles. The highest BCUT2D eigenvalue weighted by atomic mass is 35.5. The minimum Gasteiger partial charge on any atom is -0.387 e. The van der Waals surface area contributed by atoms with E-state index in [-0.39, 0.29) is 5.88 Å². The van der Waals surface area contributed by atoms with E-state index >= 15 is 0 Å². The normalized spacial score (nSPS) is 48.0. The van der Waals surface area contributed by atoms with Gasteiger partial charge in [-0.1, -0.05) is 0 Å². The predicted molar refractivity (Wildman–Crippen MR) is 33.6 cm³/mol. The van der Waals surface area contributed by atoms with Crippen molar-refractivity contribution < 1.29 is 20.1 Å². The van der Waals surface area contributed by atoms with Gasteiger partial charge in [0.25, 0.3) is 0 Å². The Morgan fingerprint density at radius 2 is 1.80 bits per heavy atom. The minimum absolute atomic E-state index is 0.0648. The molecule has 0 amide bonds. The zero-order valence-electron chi connectivity index (χ0n) is 5.14. The molecule has 0 aliphatic carbocycles. The fourth-order valence-corrected chi connectivity index (χ4v) is 1.11. The molecule has 0 bridgehead atoms. The Labute approximate surface area is 63.0 Å². The maximum Gasteiger partial charge on any atom is 0.184 e. The zero-order valence-corrected chi connectivity index (χ0v) is 5.90. The van der Waals surface area contributed by atoms with Crippen molar-refractivity contribution in [3.8, 4) is 0 Å². The molecule has 4 nitrogen and oxygen atoms in total. The van der Waals surface area contributed by atoms with Gasteiger partial charge in [-0.3, -0.25) is 0 Å². The summed E-state index contributed by atoms with van der Waals surface area (Å²) in [4.78, 5) is 0. The number of rotatable bonds is 1. The minimum atomic E-state index is -1.31. The first-order chi connectivity index (χ1) is 4.66. The van der Waals surface area contributed by atoms with Crippen molar-refractivity contribution >= 4 is 11.6 Å². The highest BCUT2D eigenvalue weighted by Gasteiger charge is 2.40. The molecular weight excluding hydrogens is 160 g/mol. The average Bonchev–Trinajstić information content (AvgIpc) is 2.17. The Balaban J connectivity index is 2.53. The molecule has 1 unspecified atom stereocenters. The molecule has 60 valence electrons. The first-order valence-electron chi connectivity index (χ1n) is 2.92. The molecule has 3 N–H and O–H groups in total. The smallest absolute Gasteiger partial charge is 0.184 e. The van der Waals surface area contributed by atoms with E-state index in [9.17, 15) is 0 Å². The third kappa shape index (κ3) is 1.26. The van der Waals surface area contributed by atoms with Crippen LogP contribution in [0, 0.1) is 0 Å². The topological polar surface area (TPSA) is 69.9 Å². The molecule has 0 radical (unpaired) electrons. The predicted octanol–water partition coefficient (Wildman–Crippen LogP) is -1.34. The molecule has 10 heavy (non-hydrogen) atoms. The Hall–Kier alpha value is 0.130. The van der Waals surface area contributed by atoms with Crippen molar-refractivity contribution in [1.82, 2.24) is 0 Å². The first kappa shape index (κ1) is 8.23.